The van der Waals surface area contributed by atoms with Gasteiger partial charge in [0, 0.05) is 35.4 Å². The Morgan fingerprint density at radius 3 is 2.31 bits per heavy atom. The predicted octanol–water partition coefficient (Wildman–Crippen LogP) is 9.92. The minimum absolute atomic E-state index is 0.0195. The van der Waals surface area contributed by atoms with E-state index in [2.05, 4.69) is 66.4 Å². The summed E-state index contributed by atoms with van der Waals surface area (Å²) in [6.45, 7) is 23.8. The molecule has 5 aliphatic carbocycles. The van der Waals surface area contributed by atoms with Crippen molar-refractivity contribution in [2.45, 2.75) is 152 Å². The van der Waals surface area contributed by atoms with Gasteiger partial charge in [-0.1, -0.05) is 84.7 Å². The summed E-state index contributed by atoms with van der Waals surface area (Å²) >= 11 is 6.34. The largest absolute Gasteiger partial charge is 0.481 e. The average molecular weight is 767 g/mol. The van der Waals surface area contributed by atoms with Crippen LogP contribution in [0.1, 0.15) is 139 Å². The van der Waals surface area contributed by atoms with Gasteiger partial charge < -0.3 is 14.9 Å². The Morgan fingerprint density at radius 2 is 1.69 bits per heavy atom. The van der Waals surface area contributed by atoms with E-state index in [-0.39, 0.29) is 51.8 Å². The van der Waals surface area contributed by atoms with Crippen molar-refractivity contribution in [2.75, 3.05) is 13.1 Å². The third-order valence-corrected chi connectivity index (χ3v) is 16.9. The van der Waals surface area contributed by atoms with Crippen LogP contribution < -0.4 is 0 Å². The first-order chi connectivity index (χ1) is 25.1. The van der Waals surface area contributed by atoms with E-state index in [1.165, 1.54) is 5.57 Å². The first-order valence-corrected chi connectivity index (χ1v) is 21.3. The minimum atomic E-state index is -1.17. The Morgan fingerprint density at radius 1 is 0.981 bits per heavy atom. The molecule has 8 heteroatoms. The van der Waals surface area contributed by atoms with Gasteiger partial charge in [-0.2, -0.15) is 0 Å². The molecule has 54 heavy (non-hydrogen) atoms. The van der Waals surface area contributed by atoms with Gasteiger partial charge in [0.05, 0.1) is 17.9 Å². The number of carbonyl (C=O) groups excluding carboxylic acids is 2. The number of hydrogen-bond donors (Lipinski definition) is 2. The maximum absolute atomic E-state index is 14.2. The highest BCUT2D eigenvalue weighted by Gasteiger charge is 2.70. The van der Waals surface area contributed by atoms with E-state index < -0.39 is 28.9 Å². The molecule has 4 fully saturated rings. The quantitative estimate of drug-likeness (QED) is 0.216. The fourth-order valence-electron chi connectivity index (χ4n) is 13.5. The van der Waals surface area contributed by atoms with Gasteiger partial charge in [0.2, 0.25) is 0 Å². The van der Waals surface area contributed by atoms with Crippen LogP contribution in [0, 0.1) is 56.2 Å². The zero-order chi connectivity index (χ0) is 39.8. The maximum atomic E-state index is 14.2. The van der Waals surface area contributed by atoms with E-state index in [9.17, 15) is 24.6 Å². The van der Waals surface area contributed by atoms with Gasteiger partial charge in [0.25, 0.3) is 0 Å². The lowest BCUT2D eigenvalue weighted by atomic mass is 9.33. The van der Waals surface area contributed by atoms with Gasteiger partial charge in [0.15, 0.2) is 5.78 Å². The highest BCUT2D eigenvalue weighted by atomic mass is 35.5. The van der Waals surface area contributed by atoms with E-state index >= 15 is 0 Å². The van der Waals surface area contributed by atoms with Crippen molar-refractivity contribution in [3.8, 4) is 0 Å². The number of aliphatic hydroxyl groups is 1. The molecule has 300 valence electrons. The number of fused-ring (bicyclic) bond motifs is 7. The molecule has 7 nitrogen and oxygen atoms in total. The number of ether oxygens (including phenoxy) is 1. The lowest BCUT2D eigenvalue weighted by Gasteiger charge is -2.72. The second-order valence-electron chi connectivity index (χ2n) is 20.5. The number of carboxylic acids is 1. The van der Waals surface area contributed by atoms with Crippen molar-refractivity contribution in [2.24, 2.45) is 56.2 Å². The van der Waals surface area contributed by atoms with Gasteiger partial charge in [0.1, 0.15) is 6.10 Å². The van der Waals surface area contributed by atoms with Gasteiger partial charge >= 0.3 is 11.9 Å². The zero-order valence-corrected chi connectivity index (χ0v) is 35.6. The van der Waals surface area contributed by atoms with Crippen molar-refractivity contribution in [1.29, 1.82) is 0 Å². The molecule has 2 N–H and O–H groups in total. The summed E-state index contributed by atoms with van der Waals surface area (Å²) in [5.41, 5.74) is 1.56. The van der Waals surface area contributed by atoms with Crippen molar-refractivity contribution in [3.05, 3.63) is 46.0 Å². The standard InChI is InChI=1S/C46H68ClNO6/c1-11-48(26-29-13-12-14-30(47)23-29)27-35(50)46-22-21-44(9)31(39(46)38(28(2)3)32(49)24-46)15-16-34-43(8)19-18-36(54-37(51)25-41(4,5)40(52)53)42(6,7)33(43)17-20-45(34,44)10/h12-14,23,28,31,33-36,50H,11,15-22,24-27H2,1-10H3,(H,52,53)/t31-,33?,34-,35?,36+,43+,44-,45-,46?/m1/s1. The summed E-state index contributed by atoms with van der Waals surface area (Å²) in [5.74, 6) is 0.0361. The maximum Gasteiger partial charge on any atom is 0.309 e. The van der Waals surface area contributed by atoms with E-state index in [4.69, 9.17) is 16.3 Å². The molecule has 4 saturated carbocycles. The molecule has 0 radical (unpaired) electrons. The second-order valence-corrected chi connectivity index (χ2v) is 21.0. The molecule has 0 bridgehead atoms. The molecule has 3 unspecified atom stereocenters. The van der Waals surface area contributed by atoms with Crippen LogP contribution in [-0.2, 0) is 25.7 Å². The van der Waals surface area contributed by atoms with Crippen molar-refractivity contribution in [3.63, 3.8) is 0 Å². The summed E-state index contributed by atoms with van der Waals surface area (Å²) < 4.78 is 6.18. The number of allylic oxidation sites excluding steroid dienone is 1. The first kappa shape index (κ1) is 41.4. The number of halogens is 1. The number of aliphatic carboxylic acids is 1. The fraction of sp³-hybridized carbons (Fsp3) is 0.761. The number of Topliss-reactive ketones (excluding diaryl/α,β-unsaturated/α-hetero) is 1. The number of aliphatic hydroxyl groups excluding tert-OH is 1. The third kappa shape index (κ3) is 6.52. The summed E-state index contributed by atoms with van der Waals surface area (Å²) in [4.78, 5) is 41.4. The average Bonchev–Trinajstić information content (AvgIpc) is 3.39. The van der Waals surface area contributed by atoms with Crippen LogP contribution in [0.5, 0.6) is 0 Å². The molecule has 9 atom stereocenters. The Balaban J connectivity index is 1.28. The van der Waals surface area contributed by atoms with Gasteiger partial charge in [-0.3, -0.25) is 19.3 Å². The molecule has 1 aromatic rings. The van der Waals surface area contributed by atoms with E-state index in [1.54, 1.807) is 13.8 Å². The number of ketones is 1. The molecule has 5 aliphatic rings. The van der Waals surface area contributed by atoms with Crippen LogP contribution in [0.4, 0.5) is 0 Å². The predicted molar refractivity (Wildman–Crippen MR) is 214 cm³/mol. The van der Waals surface area contributed by atoms with Gasteiger partial charge in [-0.05, 0) is 135 Å². The van der Waals surface area contributed by atoms with Gasteiger partial charge in [-0.15, -0.1) is 0 Å². The molecule has 0 aromatic heterocycles. The number of benzene rings is 1. The zero-order valence-electron chi connectivity index (χ0n) is 34.8. The molecular formula is C46H68ClNO6. The lowest BCUT2D eigenvalue weighted by Crippen LogP contribution is -2.66. The minimum Gasteiger partial charge on any atom is -0.481 e. The van der Waals surface area contributed by atoms with E-state index in [0.29, 0.717) is 36.4 Å². The highest BCUT2D eigenvalue weighted by Crippen LogP contribution is 2.77. The van der Waals surface area contributed by atoms with Crippen LogP contribution in [0.15, 0.2) is 35.4 Å². The molecule has 0 spiro atoms. The smallest absolute Gasteiger partial charge is 0.309 e. The fourth-order valence-corrected chi connectivity index (χ4v) is 13.7. The topological polar surface area (TPSA) is 104 Å². The number of carboxylic acid groups (broad SMARTS) is 1. The first-order valence-electron chi connectivity index (χ1n) is 20.9. The third-order valence-electron chi connectivity index (χ3n) is 16.7. The Hall–Kier alpha value is -2.22. The van der Waals surface area contributed by atoms with Crippen LogP contribution in [0.25, 0.3) is 0 Å². The Kier molecular flexibility index (Phi) is 11.0. The number of rotatable bonds is 11. The Labute approximate surface area is 330 Å². The number of carbonyl (C=O) groups is 3. The monoisotopic (exact) mass is 765 g/mol. The number of nitrogens with zero attached hydrogens (tertiary/aromatic N) is 1. The van der Waals surface area contributed by atoms with Gasteiger partial charge in [-0.25, -0.2) is 0 Å². The van der Waals surface area contributed by atoms with Crippen LogP contribution in [0.2, 0.25) is 5.02 Å². The van der Waals surface area contributed by atoms with Crippen molar-refractivity contribution >= 4 is 29.3 Å². The second kappa shape index (κ2) is 14.3. The molecule has 0 heterocycles. The van der Waals surface area contributed by atoms with E-state index in [1.807, 2.05) is 18.2 Å². The summed E-state index contributed by atoms with van der Waals surface area (Å²) in [6.07, 6.45) is 7.20. The summed E-state index contributed by atoms with van der Waals surface area (Å²) in [5, 5.41) is 22.8. The Bertz CT molecular complexity index is 1680. The summed E-state index contributed by atoms with van der Waals surface area (Å²) in [7, 11) is 0. The van der Waals surface area contributed by atoms with E-state index in [0.717, 1.165) is 69.0 Å². The van der Waals surface area contributed by atoms with Crippen LogP contribution in [-0.4, -0.2) is 58.1 Å². The van der Waals surface area contributed by atoms with Crippen molar-refractivity contribution in [1.82, 2.24) is 4.90 Å². The van der Waals surface area contributed by atoms with Crippen LogP contribution >= 0.6 is 11.6 Å². The molecule has 0 saturated heterocycles. The molecule has 1 aromatic carbocycles. The lowest BCUT2D eigenvalue weighted by molar-refractivity contribution is -0.235. The molecule has 0 aliphatic heterocycles. The van der Waals surface area contributed by atoms with Crippen LogP contribution in [0.3, 0.4) is 0 Å². The molecular weight excluding hydrogens is 698 g/mol. The van der Waals surface area contributed by atoms with Crippen molar-refractivity contribution < 1.29 is 29.3 Å². The number of likely N-dealkylation sites (N-methyl/N-ethyl adjacent to an activating group) is 1. The normalized spacial score (nSPS) is 36.7. The summed E-state index contributed by atoms with van der Waals surface area (Å²) in [6, 6.07) is 7.96. The molecule has 0 amide bonds. The highest BCUT2D eigenvalue weighted by molar-refractivity contribution is 6.30. The molecule has 6 rings (SSSR count). The number of hydrogen-bond acceptors (Lipinski definition) is 6. The SMILES string of the molecule is CCN(Cc1cccc(Cl)c1)CC(O)C12CC[C@]3(C)[C@H](CC[C@@H]4[C@@]5(C)CC[C@H](OC(=O)CC(C)(C)C(=O)O)C(C)(C)C5CC[C@]43C)C1=C(C(C)C)C(=O)C2. The number of esters is 1.